The molecule has 0 spiro atoms. The minimum absolute atomic E-state index is 0.0312. The molecule has 2 heterocycles. The summed E-state index contributed by atoms with van der Waals surface area (Å²) in [6.45, 7) is 6.21. The maximum atomic E-state index is 12.7. The molecule has 0 amide bonds. The molecular weight excluding hydrogens is 250 g/mol. The van der Waals surface area contributed by atoms with E-state index in [1.54, 1.807) is 18.5 Å². The maximum Gasteiger partial charge on any atom is 0.211 e. The minimum Gasteiger partial charge on any atom is -0.464 e. The molecule has 20 heavy (non-hydrogen) atoms. The van der Waals surface area contributed by atoms with E-state index in [-0.39, 0.29) is 17.6 Å². The summed E-state index contributed by atoms with van der Waals surface area (Å²) in [6, 6.07) is 5.39. The van der Waals surface area contributed by atoms with E-state index in [9.17, 15) is 4.79 Å². The molecular formula is C17H17NO2. The van der Waals surface area contributed by atoms with Gasteiger partial charge in [0.15, 0.2) is 0 Å². The number of fused-ring (bicyclic) bond motifs is 1. The average molecular weight is 267 g/mol. The maximum absolute atomic E-state index is 12.7. The van der Waals surface area contributed by atoms with Gasteiger partial charge in [-0.1, -0.05) is 19.9 Å². The van der Waals surface area contributed by atoms with E-state index in [0.717, 1.165) is 22.5 Å². The Labute approximate surface area is 118 Å². The first-order chi connectivity index (χ1) is 9.59. The lowest BCUT2D eigenvalue weighted by Gasteiger charge is -2.15. The van der Waals surface area contributed by atoms with Gasteiger partial charge in [0, 0.05) is 11.8 Å². The molecule has 0 N–H and O–H groups in total. The molecule has 0 bridgehead atoms. The fraction of sp³-hybridized carbons (Fsp3) is 0.294. The van der Waals surface area contributed by atoms with E-state index in [1.165, 1.54) is 0 Å². The summed E-state index contributed by atoms with van der Waals surface area (Å²) in [4.78, 5) is 16.9. The Kier molecular flexibility index (Phi) is 3.05. The smallest absolute Gasteiger partial charge is 0.211 e. The Morgan fingerprint density at radius 2 is 2.05 bits per heavy atom. The number of pyridine rings is 1. The molecule has 2 unspecified atom stereocenters. The summed E-state index contributed by atoms with van der Waals surface area (Å²) < 4.78 is 5.71. The number of hydrogen-bond acceptors (Lipinski definition) is 3. The third-order valence-electron chi connectivity index (χ3n) is 4.09. The van der Waals surface area contributed by atoms with Crippen LogP contribution in [0.5, 0.6) is 0 Å². The molecule has 0 saturated carbocycles. The number of carbonyl (C=O) groups is 1. The molecule has 102 valence electrons. The summed E-state index contributed by atoms with van der Waals surface area (Å²) in [5.74, 6) is 1.13. The van der Waals surface area contributed by atoms with Crippen molar-refractivity contribution in [2.75, 3.05) is 0 Å². The van der Waals surface area contributed by atoms with Gasteiger partial charge in [0.25, 0.3) is 0 Å². The molecule has 0 radical (unpaired) electrons. The second-order valence-electron chi connectivity index (χ2n) is 5.44. The van der Waals surface area contributed by atoms with Gasteiger partial charge in [-0.25, -0.2) is 0 Å². The Morgan fingerprint density at radius 3 is 2.75 bits per heavy atom. The lowest BCUT2D eigenvalue weighted by Crippen LogP contribution is -2.13. The highest BCUT2D eigenvalue weighted by Crippen LogP contribution is 2.44. The van der Waals surface area contributed by atoms with Gasteiger partial charge >= 0.3 is 0 Å². The zero-order valence-corrected chi connectivity index (χ0v) is 11.9. The number of carbonyl (C=O) groups excluding carboxylic acids is 1. The highest BCUT2D eigenvalue weighted by Gasteiger charge is 2.39. The van der Waals surface area contributed by atoms with Gasteiger partial charge < -0.3 is 4.74 Å². The van der Waals surface area contributed by atoms with Crippen LogP contribution >= 0.6 is 0 Å². The van der Waals surface area contributed by atoms with Crippen LogP contribution < -0.4 is 0 Å². The summed E-state index contributed by atoms with van der Waals surface area (Å²) in [5.41, 5.74) is 3.42. The molecule has 3 rings (SSSR count). The summed E-state index contributed by atoms with van der Waals surface area (Å²) in [6.07, 6.45) is 5.46. The Hall–Kier alpha value is -2.16. The molecule has 0 saturated heterocycles. The molecule has 1 aromatic rings. The Balaban J connectivity index is 2.07. The Morgan fingerprint density at radius 1 is 1.25 bits per heavy atom. The molecule has 3 nitrogen and oxygen atoms in total. The molecule has 0 fully saturated rings. The SMILES string of the molecule is CC1=COC2=C(C(=O)c3ccccn3)C(C)C(C)C2=C1. The minimum atomic E-state index is -0.0312. The third-order valence-corrected chi connectivity index (χ3v) is 4.09. The predicted molar refractivity (Wildman–Crippen MR) is 76.8 cm³/mol. The van der Waals surface area contributed by atoms with Crippen molar-refractivity contribution in [2.24, 2.45) is 11.8 Å². The van der Waals surface area contributed by atoms with E-state index >= 15 is 0 Å². The van der Waals surface area contributed by atoms with Crippen LogP contribution in [0.25, 0.3) is 0 Å². The van der Waals surface area contributed by atoms with Gasteiger partial charge in [0.1, 0.15) is 11.5 Å². The zero-order valence-electron chi connectivity index (χ0n) is 11.9. The van der Waals surface area contributed by atoms with Crippen LogP contribution in [0, 0.1) is 11.8 Å². The van der Waals surface area contributed by atoms with Gasteiger partial charge in [-0.3, -0.25) is 9.78 Å². The van der Waals surface area contributed by atoms with Crippen molar-refractivity contribution in [1.82, 2.24) is 4.98 Å². The molecule has 1 aliphatic carbocycles. The number of ether oxygens (including phenoxy) is 1. The highest BCUT2D eigenvalue weighted by molar-refractivity contribution is 6.09. The van der Waals surface area contributed by atoms with E-state index in [4.69, 9.17) is 4.74 Å². The van der Waals surface area contributed by atoms with Crippen LogP contribution in [-0.4, -0.2) is 10.8 Å². The van der Waals surface area contributed by atoms with E-state index in [0.29, 0.717) is 5.69 Å². The van der Waals surface area contributed by atoms with Crippen LogP contribution in [0.1, 0.15) is 31.3 Å². The Bertz CT molecular complexity index is 653. The fourth-order valence-corrected chi connectivity index (χ4v) is 2.79. The van der Waals surface area contributed by atoms with Gasteiger partial charge in [-0.2, -0.15) is 0 Å². The monoisotopic (exact) mass is 267 g/mol. The molecule has 0 aromatic carbocycles. The first-order valence-electron chi connectivity index (χ1n) is 6.85. The molecule has 3 heteroatoms. The van der Waals surface area contributed by atoms with Gasteiger partial charge in [0.2, 0.25) is 5.78 Å². The largest absolute Gasteiger partial charge is 0.464 e. The van der Waals surface area contributed by atoms with Gasteiger partial charge in [-0.15, -0.1) is 0 Å². The highest BCUT2D eigenvalue weighted by atomic mass is 16.5. The van der Waals surface area contributed by atoms with E-state index in [1.807, 2.05) is 19.1 Å². The number of aromatic nitrogens is 1. The third kappa shape index (κ3) is 1.90. The fourth-order valence-electron chi connectivity index (χ4n) is 2.79. The predicted octanol–water partition coefficient (Wildman–Crippen LogP) is 3.66. The van der Waals surface area contributed by atoms with Crippen LogP contribution in [0.2, 0.25) is 0 Å². The zero-order chi connectivity index (χ0) is 14.3. The molecule has 1 aromatic heterocycles. The lowest BCUT2D eigenvalue weighted by atomic mass is 9.89. The van der Waals surface area contributed by atoms with Gasteiger partial charge in [0.05, 0.1) is 6.26 Å². The van der Waals surface area contributed by atoms with Crippen LogP contribution in [0.3, 0.4) is 0 Å². The quantitative estimate of drug-likeness (QED) is 0.767. The van der Waals surface area contributed by atoms with Gasteiger partial charge in [-0.05, 0) is 48.1 Å². The standard InChI is InChI=1S/C17H17NO2/c1-10-8-13-11(2)12(3)15(17(13)20-9-10)16(19)14-6-4-5-7-18-14/h4-9,11-12H,1-3H3. The molecule has 1 aliphatic heterocycles. The first-order valence-corrected chi connectivity index (χ1v) is 6.85. The second-order valence-corrected chi connectivity index (χ2v) is 5.44. The number of hydrogen-bond donors (Lipinski definition) is 0. The molecule has 2 atom stereocenters. The number of ketones is 1. The average Bonchev–Trinajstić information content (AvgIpc) is 2.71. The second kappa shape index (κ2) is 4.75. The number of allylic oxidation sites excluding steroid dienone is 4. The summed E-state index contributed by atoms with van der Waals surface area (Å²) in [7, 11) is 0. The number of Topliss-reactive ketones (excluding diaryl/α,β-unsaturated/α-hetero) is 1. The van der Waals surface area contributed by atoms with Crippen LogP contribution in [0.4, 0.5) is 0 Å². The van der Waals surface area contributed by atoms with E-state index < -0.39 is 0 Å². The topological polar surface area (TPSA) is 39.2 Å². The van der Waals surface area contributed by atoms with Crippen molar-refractivity contribution in [2.45, 2.75) is 20.8 Å². The normalized spacial score (nSPS) is 24.8. The summed E-state index contributed by atoms with van der Waals surface area (Å²) in [5, 5.41) is 0. The van der Waals surface area contributed by atoms with Crippen molar-refractivity contribution in [3.05, 3.63) is 64.9 Å². The van der Waals surface area contributed by atoms with Crippen molar-refractivity contribution in [3.8, 4) is 0 Å². The van der Waals surface area contributed by atoms with Crippen molar-refractivity contribution >= 4 is 5.78 Å². The van der Waals surface area contributed by atoms with E-state index in [2.05, 4.69) is 24.9 Å². The first kappa shape index (κ1) is 12.9. The lowest BCUT2D eigenvalue weighted by molar-refractivity contribution is 0.101. The van der Waals surface area contributed by atoms with Crippen molar-refractivity contribution < 1.29 is 9.53 Å². The molecule has 2 aliphatic rings. The van der Waals surface area contributed by atoms with Crippen LogP contribution in [-0.2, 0) is 4.74 Å². The van der Waals surface area contributed by atoms with Crippen LogP contribution in [0.15, 0.2) is 59.2 Å². The van der Waals surface area contributed by atoms with Crippen molar-refractivity contribution in [1.29, 1.82) is 0 Å². The number of nitrogens with zero attached hydrogens (tertiary/aromatic N) is 1. The number of rotatable bonds is 2. The summed E-state index contributed by atoms with van der Waals surface area (Å²) >= 11 is 0. The van der Waals surface area contributed by atoms with Crippen molar-refractivity contribution in [3.63, 3.8) is 0 Å².